The number of ether oxygens (including phenoxy) is 3. The molecular weight excluding hydrogens is 362 g/mol. The standard InChI is InChI=1S/C20H23N3O5/c1-25-20-11-19(12-20,13-20)18(24)21-16-10-17(22-28-16)27-15-4-2-14(3-5-15)23-6-8-26-9-7-23/h2-5,10H,6-9,11-13H2,1H3,(H,21,24). The maximum absolute atomic E-state index is 12.5. The number of aromatic nitrogens is 1. The number of nitrogens with zero attached hydrogens (tertiary/aromatic N) is 2. The second-order valence-corrected chi connectivity index (χ2v) is 7.88. The van der Waals surface area contributed by atoms with Gasteiger partial charge in [0.05, 0.1) is 30.3 Å². The van der Waals surface area contributed by atoms with E-state index < -0.39 is 0 Å². The number of benzene rings is 1. The molecule has 0 atom stereocenters. The van der Waals surface area contributed by atoms with Crippen LogP contribution in [0, 0.1) is 5.41 Å². The maximum Gasteiger partial charge on any atom is 0.261 e. The van der Waals surface area contributed by atoms with Crippen molar-refractivity contribution in [3.8, 4) is 11.6 Å². The number of hydrogen-bond acceptors (Lipinski definition) is 7. The SMILES string of the molecule is COC12CC(C(=O)Nc3cc(Oc4ccc(N5CCOCC5)cc4)no3)(C1)C2. The summed E-state index contributed by atoms with van der Waals surface area (Å²) in [6.45, 7) is 3.28. The Morgan fingerprint density at radius 1 is 1.18 bits per heavy atom. The van der Waals surface area contributed by atoms with Crippen LogP contribution in [0.25, 0.3) is 0 Å². The van der Waals surface area contributed by atoms with Crippen molar-refractivity contribution in [1.82, 2.24) is 5.16 Å². The zero-order valence-electron chi connectivity index (χ0n) is 15.8. The normalized spacial score (nSPS) is 28.2. The topological polar surface area (TPSA) is 86.1 Å². The molecule has 1 N–H and O–H groups in total. The minimum absolute atomic E-state index is 0.0380. The van der Waals surface area contributed by atoms with Crippen LogP contribution >= 0.6 is 0 Å². The zero-order valence-corrected chi connectivity index (χ0v) is 15.8. The number of methoxy groups -OCH3 is 1. The molecular formula is C20H23N3O5. The predicted molar refractivity (Wildman–Crippen MR) is 101 cm³/mol. The van der Waals surface area contributed by atoms with Gasteiger partial charge in [-0.05, 0) is 48.7 Å². The molecule has 8 heteroatoms. The monoisotopic (exact) mass is 385 g/mol. The van der Waals surface area contributed by atoms with E-state index in [1.54, 1.807) is 13.2 Å². The molecule has 2 bridgehead atoms. The average Bonchev–Trinajstić information content (AvgIpc) is 3.08. The molecule has 1 aromatic carbocycles. The van der Waals surface area contributed by atoms with Crippen molar-refractivity contribution in [3.05, 3.63) is 30.3 Å². The van der Waals surface area contributed by atoms with Gasteiger partial charge in [0, 0.05) is 25.9 Å². The van der Waals surface area contributed by atoms with Crippen LogP contribution in [0.15, 0.2) is 34.9 Å². The van der Waals surface area contributed by atoms with E-state index in [2.05, 4.69) is 15.4 Å². The molecule has 4 fully saturated rings. The van der Waals surface area contributed by atoms with Crippen molar-refractivity contribution >= 4 is 17.5 Å². The molecule has 3 saturated carbocycles. The van der Waals surface area contributed by atoms with E-state index in [0.717, 1.165) is 51.3 Å². The third kappa shape index (κ3) is 2.93. The van der Waals surface area contributed by atoms with Gasteiger partial charge in [-0.1, -0.05) is 0 Å². The largest absolute Gasteiger partial charge is 0.436 e. The van der Waals surface area contributed by atoms with Crippen LogP contribution in [0.5, 0.6) is 11.6 Å². The number of carbonyl (C=O) groups excluding carboxylic acids is 1. The Morgan fingerprint density at radius 3 is 2.57 bits per heavy atom. The van der Waals surface area contributed by atoms with E-state index in [4.69, 9.17) is 18.7 Å². The molecule has 4 aliphatic rings. The van der Waals surface area contributed by atoms with Gasteiger partial charge >= 0.3 is 0 Å². The molecule has 148 valence electrons. The first-order chi connectivity index (χ1) is 13.6. The van der Waals surface area contributed by atoms with Crippen LogP contribution in [-0.4, -0.2) is 50.1 Å². The molecule has 28 heavy (non-hydrogen) atoms. The van der Waals surface area contributed by atoms with E-state index in [-0.39, 0.29) is 16.9 Å². The van der Waals surface area contributed by atoms with Crippen LogP contribution in [0.3, 0.4) is 0 Å². The molecule has 1 saturated heterocycles. The van der Waals surface area contributed by atoms with Gasteiger partial charge in [0.25, 0.3) is 5.88 Å². The molecule has 1 aromatic heterocycles. The fraction of sp³-hybridized carbons (Fsp3) is 0.500. The number of hydrogen-bond donors (Lipinski definition) is 1. The number of amides is 1. The molecule has 2 heterocycles. The van der Waals surface area contributed by atoms with Crippen LogP contribution in [0.1, 0.15) is 19.3 Å². The molecule has 1 amide bonds. The highest BCUT2D eigenvalue weighted by Crippen LogP contribution is 2.69. The summed E-state index contributed by atoms with van der Waals surface area (Å²) in [6.07, 6.45) is 2.32. The smallest absolute Gasteiger partial charge is 0.261 e. The average molecular weight is 385 g/mol. The Balaban J connectivity index is 1.17. The molecule has 0 spiro atoms. The van der Waals surface area contributed by atoms with Gasteiger partial charge < -0.3 is 23.6 Å². The lowest BCUT2D eigenvalue weighted by molar-refractivity contribution is -0.260. The summed E-state index contributed by atoms with van der Waals surface area (Å²) in [5, 5.41) is 6.68. The number of carbonyl (C=O) groups is 1. The predicted octanol–water partition coefficient (Wildman–Crippen LogP) is 2.81. The Hall–Kier alpha value is -2.58. The first-order valence-electron chi connectivity index (χ1n) is 9.54. The second-order valence-electron chi connectivity index (χ2n) is 7.88. The van der Waals surface area contributed by atoms with Crippen molar-refractivity contribution < 1.29 is 23.5 Å². The van der Waals surface area contributed by atoms with Crippen LogP contribution in [-0.2, 0) is 14.3 Å². The fourth-order valence-electron chi connectivity index (χ4n) is 4.43. The summed E-state index contributed by atoms with van der Waals surface area (Å²) < 4.78 is 21.7. The minimum Gasteiger partial charge on any atom is -0.436 e. The lowest BCUT2D eigenvalue weighted by Crippen LogP contribution is -2.72. The van der Waals surface area contributed by atoms with Crippen molar-refractivity contribution in [2.24, 2.45) is 5.41 Å². The van der Waals surface area contributed by atoms with Crippen molar-refractivity contribution in [2.75, 3.05) is 43.6 Å². The molecule has 8 nitrogen and oxygen atoms in total. The Labute approximate surface area is 162 Å². The summed E-state index contributed by atoms with van der Waals surface area (Å²) in [7, 11) is 1.70. The van der Waals surface area contributed by atoms with E-state index in [1.807, 2.05) is 24.3 Å². The van der Waals surface area contributed by atoms with Gasteiger partial charge in [-0.15, -0.1) is 0 Å². The summed E-state index contributed by atoms with van der Waals surface area (Å²) in [5.41, 5.74) is 0.760. The number of nitrogens with one attached hydrogen (secondary N) is 1. The van der Waals surface area contributed by atoms with Gasteiger partial charge in [0.1, 0.15) is 5.75 Å². The van der Waals surface area contributed by atoms with Crippen LogP contribution < -0.4 is 15.0 Å². The van der Waals surface area contributed by atoms with Crippen molar-refractivity contribution in [2.45, 2.75) is 24.9 Å². The first kappa shape index (κ1) is 17.5. The maximum atomic E-state index is 12.5. The molecule has 2 aromatic rings. The third-order valence-corrected chi connectivity index (χ3v) is 6.06. The number of morpholine rings is 1. The summed E-state index contributed by atoms with van der Waals surface area (Å²) in [5.74, 6) is 1.22. The number of rotatable bonds is 6. The van der Waals surface area contributed by atoms with Crippen molar-refractivity contribution in [1.29, 1.82) is 0 Å². The van der Waals surface area contributed by atoms with Crippen molar-refractivity contribution in [3.63, 3.8) is 0 Å². The van der Waals surface area contributed by atoms with E-state index in [9.17, 15) is 4.79 Å². The molecule has 1 aliphatic heterocycles. The third-order valence-electron chi connectivity index (χ3n) is 6.06. The highest BCUT2D eigenvalue weighted by atomic mass is 16.5. The molecule has 0 unspecified atom stereocenters. The lowest BCUT2D eigenvalue weighted by atomic mass is 9.41. The summed E-state index contributed by atoms with van der Waals surface area (Å²) in [4.78, 5) is 14.7. The molecule has 0 radical (unpaired) electrons. The summed E-state index contributed by atoms with van der Waals surface area (Å²) in [6, 6.07) is 9.40. The van der Waals surface area contributed by atoms with Gasteiger partial charge in [-0.2, -0.15) is 0 Å². The van der Waals surface area contributed by atoms with Gasteiger partial charge in [-0.3, -0.25) is 10.1 Å². The van der Waals surface area contributed by atoms with E-state index in [0.29, 0.717) is 17.5 Å². The Morgan fingerprint density at radius 2 is 1.89 bits per heavy atom. The van der Waals surface area contributed by atoms with Crippen LogP contribution in [0.4, 0.5) is 11.6 Å². The fourth-order valence-corrected chi connectivity index (χ4v) is 4.43. The highest BCUT2D eigenvalue weighted by Gasteiger charge is 2.72. The summed E-state index contributed by atoms with van der Waals surface area (Å²) >= 11 is 0. The Kier molecular flexibility index (Phi) is 4.06. The first-order valence-corrected chi connectivity index (χ1v) is 9.54. The quantitative estimate of drug-likeness (QED) is 0.818. The zero-order chi connectivity index (χ0) is 19.2. The number of anilines is 2. The van der Waals surface area contributed by atoms with Gasteiger partial charge in [0.15, 0.2) is 0 Å². The van der Waals surface area contributed by atoms with E-state index in [1.165, 1.54) is 0 Å². The second kappa shape index (κ2) is 6.49. The minimum atomic E-state index is -0.306. The van der Waals surface area contributed by atoms with E-state index >= 15 is 0 Å². The molecule has 6 rings (SSSR count). The van der Waals surface area contributed by atoms with Gasteiger partial charge in [-0.25, -0.2) is 0 Å². The lowest BCUT2D eigenvalue weighted by Gasteiger charge is -2.67. The van der Waals surface area contributed by atoms with Crippen LogP contribution in [0.2, 0.25) is 0 Å². The Bertz CT molecular complexity index is 852. The van der Waals surface area contributed by atoms with Gasteiger partial charge in [0.2, 0.25) is 11.8 Å². The highest BCUT2D eigenvalue weighted by molar-refractivity contribution is 5.97. The molecule has 3 aliphatic carbocycles.